The van der Waals surface area contributed by atoms with Crippen LogP contribution in [0.25, 0.3) is 0 Å². The van der Waals surface area contributed by atoms with E-state index >= 15 is 0 Å². The lowest BCUT2D eigenvalue weighted by Gasteiger charge is -2.22. The number of hydrogen-bond donors (Lipinski definition) is 1. The van der Waals surface area contributed by atoms with Gasteiger partial charge in [-0.05, 0) is 37.0 Å². The van der Waals surface area contributed by atoms with Gasteiger partial charge < -0.3 is 5.32 Å². The second-order valence-electron chi connectivity index (χ2n) is 4.53. The maximum atomic E-state index is 12.0. The lowest BCUT2D eigenvalue weighted by atomic mass is 9.83. The van der Waals surface area contributed by atoms with Crippen molar-refractivity contribution in [3.8, 4) is 6.07 Å². The highest BCUT2D eigenvalue weighted by atomic mass is 35.5. The highest BCUT2D eigenvalue weighted by molar-refractivity contribution is 6.30. The van der Waals surface area contributed by atoms with Crippen LogP contribution in [-0.2, 0) is 11.2 Å². The van der Waals surface area contributed by atoms with Crippen molar-refractivity contribution in [2.24, 2.45) is 5.41 Å². The van der Waals surface area contributed by atoms with Crippen LogP contribution in [0.4, 0.5) is 0 Å². The summed E-state index contributed by atoms with van der Waals surface area (Å²) in [7, 11) is 0. The van der Waals surface area contributed by atoms with E-state index in [1.807, 2.05) is 38.1 Å². The van der Waals surface area contributed by atoms with Gasteiger partial charge in [-0.25, -0.2) is 0 Å². The van der Waals surface area contributed by atoms with Crippen molar-refractivity contribution in [1.29, 1.82) is 5.26 Å². The zero-order valence-corrected chi connectivity index (χ0v) is 12.1. The minimum absolute atomic E-state index is 0.172. The second kappa shape index (κ2) is 7.16. The van der Waals surface area contributed by atoms with Gasteiger partial charge in [-0.2, -0.15) is 5.26 Å². The lowest BCUT2D eigenvalue weighted by Crippen LogP contribution is -2.40. The van der Waals surface area contributed by atoms with E-state index < -0.39 is 5.41 Å². The molecule has 0 aliphatic heterocycles. The Morgan fingerprint density at radius 1 is 1.32 bits per heavy atom. The summed E-state index contributed by atoms with van der Waals surface area (Å²) >= 11 is 5.81. The molecule has 3 nitrogen and oxygen atoms in total. The Kier molecular flexibility index (Phi) is 5.85. The molecule has 0 aliphatic rings. The summed E-state index contributed by atoms with van der Waals surface area (Å²) in [5, 5.41) is 12.7. The molecular formula is C15H19ClN2O. The maximum absolute atomic E-state index is 12.0. The normalized spacial score (nSPS) is 10.8. The Morgan fingerprint density at radius 3 is 2.37 bits per heavy atom. The molecule has 0 radical (unpaired) electrons. The molecule has 0 aromatic heterocycles. The Hall–Kier alpha value is -1.53. The molecule has 0 bridgehead atoms. The maximum Gasteiger partial charge on any atom is 0.240 e. The minimum atomic E-state index is -0.889. The number of amides is 1. The third-order valence-electron chi connectivity index (χ3n) is 3.47. The van der Waals surface area contributed by atoms with E-state index in [1.54, 1.807) is 0 Å². The number of benzene rings is 1. The van der Waals surface area contributed by atoms with Crippen LogP contribution in [0.1, 0.15) is 32.3 Å². The number of nitrogens with zero attached hydrogens (tertiary/aromatic N) is 1. The van der Waals surface area contributed by atoms with E-state index in [2.05, 4.69) is 11.4 Å². The third kappa shape index (κ3) is 3.97. The van der Waals surface area contributed by atoms with E-state index in [4.69, 9.17) is 16.9 Å². The molecule has 102 valence electrons. The van der Waals surface area contributed by atoms with Gasteiger partial charge in [-0.1, -0.05) is 37.6 Å². The standard InChI is InChI=1S/C15H19ClN2O/c1-3-15(4-2,11-17)14(19)18-10-9-12-5-7-13(16)8-6-12/h5-8H,3-4,9-10H2,1-2H3,(H,18,19). The number of hydrogen-bond acceptors (Lipinski definition) is 2. The highest BCUT2D eigenvalue weighted by Gasteiger charge is 2.34. The van der Waals surface area contributed by atoms with Gasteiger partial charge in [-0.3, -0.25) is 4.79 Å². The minimum Gasteiger partial charge on any atom is -0.354 e. The van der Waals surface area contributed by atoms with Gasteiger partial charge in [0.2, 0.25) is 5.91 Å². The van der Waals surface area contributed by atoms with E-state index in [1.165, 1.54) is 0 Å². The van der Waals surface area contributed by atoms with Gasteiger partial charge in [0.15, 0.2) is 0 Å². The van der Waals surface area contributed by atoms with Gasteiger partial charge in [0.25, 0.3) is 0 Å². The summed E-state index contributed by atoms with van der Waals surface area (Å²) in [5.41, 5.74) is 0.222. The fourth-order valence-corrected chi connectivity index (χ4v) is 2.05. The molecular weight excluding hydrogens is 260 g/mol. The Morgan fingerprint density at radius 2 is 1.89 bits per heavy atom. The van der Waals surface area contributed by atoms with Crippen molar-refractivity contribution in [1.82, 2.24) is 5.32 Å². The molecule has 0 unspecified atom stereocenters. The average Bonchev–Trinajstić information content (AvgIpc) is 2.44. The number of carbonyl (C=O) groups excluding carboxylic acids is 1. The van der Waals surface area contributed by atoms with Gasteiger partial charge in [-0.15, -0.1) is 0 Å². The SMILES string of the molecule is CCC(C#N)(CC)C(=O)NCCc1ccc(Cl)cc1. The molecule has 0 saturated heterocycles. The average molecular weight is 279 g/mol. The van der Waals surface area contributed by atoms with E-state index in [0.717, 1.165) is 12.0 Å². The van der Waals surface area contributed by atoms with Crippen molar-refractivity contribution in [2.45, 2.75) is 33.1 Å². The number of nitrogens with one attached hydrogen (secondary N) is 1. The topological polar surface area (TPSA) is 52.9 Å². The predicted molar refractivity (Wildman–Crippen MR) is 76.8 cm³/mol. The molecule has 1 rings (SSSR count). The number of rotatable bonds is 6. The molecule has 0 fully saturated rings. The zero-order valence-electron chi connectivity index (χ0n) is 11.4. The first-order valence-corrected chi connectivity index (χ1v) is 6.89. The Labute approximate surface area is 119 Å². The summed E-state index contributed by atoms with van der Waals surface area (Å²) in [4.78, 5) is 12.0. The largest absolute Gasteiger partial charge is 0.354 e. The van der Waals surface area contributed by atoms with Crippen LogP contribution in [0.3, 0.4) is 0 Å². The Bertz CT molecular complexity index is 458. The van der Waals surface area contributed by atoms with Crippen LogP contribution in [0.5, 0.6) is 0 Å². The van der Waals surface area contributed by atoms with Crippen molar-refractivity contribution in [2.75, 3.05) is 6.54 Å². The van der Waals surface area contributed by atoms with E-state index in [-0.39, 0.29) is 5.91 Å². The molecule has 4 heteroatoms. The molecule has 0 saturated carbocycles. The van der Waals surface area contributed by atoms with Crippen LogP contribution < -0.4 is 5.32 Å². The van der Waals surface area contributed by atoms with Crippen LogP contribution >= 0.6 is 11.6 Å². The molecule has 0 aliphatic carbocycles. The van der Waals surface area contributed by atoms with Gasteiger partial charge in [0, 0.05) is 11.6 Å². The van der Waals surface area contributed by atoms with E-state index in [9.17, 15) is 4.79 Å². The summed E-state index contributed by atoms with van der Waals surface area (Å²) < 4.78 is 0. The number of nitriles is 1. The molecule has 19 heavy (non-hydrogen) atoms. The highest BCUT2D eigenvalue weighted by Crippen LogP contribution is 2.25. The second-order valence-corrected chi connectivity index (χ2v) is 4.97. The predicted octanol–water partition coefficient (Wildman–Crippen LogP) is 3.33. The quantitative estimate of drug-likeness (QED) is 0.868. The first-order chi connectivity index (χ1) is 9.07. The van der Waals surface area contributed by atoms with Gasteiger partial charge in [0.1, 0.15) is 5.41 Å². The Balaban J connectivity index is 2.51. The van der Waals surface area contributed by atoms with Crippen molar-refractivity contribution in [3.05, 3.63) is 34.9 Å². The fraction of sp³-hybridized carbons (Fsp3) is 0.467. The molecule has 0 heterocycles. The van der Waals surface area contributed by atoms with Crippen LogP contribution in [0.15, 0.2) is 24.3 Å². The summed E-state index contributed by atoms with van der Waals surface area (Å²) in [6.45, 7) is 4.26. The van der Waals surface area contributed by atoms with Crippen molar-refractivity contribution < 1.29 is 4.79 Å². The zero-order chi connectivity index (χ0) is 14.3. The first-order valence-electron chi connectivity index (χ1n) is 6.52. The van der Waals surface area contributed by atoms with Gasteiger partial charge >= 0.3 is 0 Å². The first kappa shape index (κ1) is 15.5. The smallest absolute Gasteiger partial charge is 0.240 e. The molecule has 0 atom stereocenters. The lowest BCUT2D eigenvalue weighted by molar-refractivity contribution is -0.128. The third-order valence-corrected chi connectivity index (χ3v) is 3.72. The fourth-order valence-electron chi connectivity index (χ4n) is 1.92. The van der Waals surface area contributed by atoms with Crippen LogP contribution in [0.2, 0.25) is 5.02 Å². The molecule has 1 aromatic rings. The summed E-state index contributed by atoms with van der Waals surface area (Å²) in [5.74, 6) is -0.172. The van der Waals surface area contributed by atoms with Crippen molar-refractivity contribution in [3.63, 3.8) is 0 Å². The van der Waals surface area contributed by atoms with Gasteiger partial charge in [0.05, 0.1) is 6.07 Å². The van der Waals surface area contributed by atoms with Crippen LogP contribution in [-0.4, -0.2) is 12.5 Å². The number of halogens is 1. The summed E-state index contributed by atoms with van der Waals surface area (Å²) in [6.07, 6.45) is 1.80. The van der Waals surface area contributed by atoms with Crippen LogP contribution in [0, 0.1) is 16.7 Å². The number of carbonyl (C=O) groups is 1. The summed E-state index contributed by atoms with van der Waals surface area (Å²) in [6, 6.07) is 9.67. The molecule has 1 aromatic carbocycles. The molecule has 1 amide bonds. The van der Waals surface area contributed by atoms with Crippen molar-refractivity contribution >= 4 is 17.5 Å². The molecule has 1 N–H and O–H groups in total. The monoisotopic (exact) mass is 278 g/mol. The van der Waals surface area contributed by atoms with E-state index in [0.29, 0.717) is 24.4 Å². The molecule has 0 spiro atoms.